The fourth-order valence-corrected chi connectivity index (χ4v) is 4.94. The van der Waals surface area contributed by atoms with Crippen LogP contribution in [-0.2, 0) is 0 Å². The average Bonchev–Trinajstić information content (AvgIpc) is 2.34. The fourth-order valence-electron chi connectivity index (χ4n) is 3.76. The Balaban J connectivity index is 1.90. The maximum Gasteiger partial charge on any atom is 0.0145 e. The lowest BCUT2D eigenvalue weighted by molar-refractivity contribution is 0.0259. The smallest absolute Gasteiger partial charge is 0.0145 e. The van der Waals surface area contributed by atoms with Gasteiger partial charge in [0.2, 0.25) is 0 Å². The predicted octanol–water partition coefficient (Wildman–Crippen LogP) is 3.46. The van der Waals surface area contributed by atoms with E-state index >= 15 is 0 Å². The van der Waals surface area contributed by atoms with Crippen LogP contribution in [0.1, 0.15) is 40.0 Å². The van der Waals surface area contributed by atoms with E-state index in [4.69, 9.17) is 0 Å². The molecule has 0 amide bonds. The highest BCUT2D eigenvalue weighted by Crippen LogP contribution is 2.33. The maximum atomic E-state index is 3.72. The van der Waals surface area contributed by atoms with Gasteiger partial charge in [0.05, 0.1) is 0 Å². The number of halogens is 1. The zero-order valence-electron chi connectivity index (χ0n) is 13.2. The molecule has 2 heterocycles. The summed E-state index contributed by atoms with van der Waals surface area (Å²) in [4.78, 5) is 5.34. The van der Waals surface area contributed by atoms with E-state index < -0.39 is 0 Å². The molecular formula is C16H31BrN2. The molecule has 19 heavy (non-hydrogen) atoms. The molecule has 2 aliphatic heterocycles. The number of hydrogen-bond acceptors (Lipinski definition) is 2. The lowest BCUT2D eigenvalue weighted by atomic mass is 9.80. The van der Waals surface area contributed by atoms with Gasteiger partial charge in [0.25, 0.3) is 0 Å². The number of alkyl halides is 1. The van der Waals surface area contributed by atoms with E-state index in [1.54, 1.807) is 0 Å². The van der Waals surface area contributed by atoms with Gasteiger partial charge in [-0.15, -0.1) is 0 Å². The Morgan fingerprint density at radius 1 is 1.21 bits per heavy atom. The first-order valence-corrected chi connectivity index (χ1v) is 9.02. The van der Waals surface area contributed by atoms with Gasteiger partial charge in [-0.1, -0.05) is 36.7 Å². The van der Waals surface area contributed by atoms with Crippen molar-refractivity contribution in [2.45, 2.75) is 46.1 Å². The first-order chi connectivity index (χ1) is 8.91. The van der Waals surface area contributed by atoms with Gasteiger partial charge >= 0.3 is 0 Å². The molecule has 0 aromatic heterocycles. The molecule has 0 radical (unpaired) electrons. The molecule has 2 fully saturated rings. The average molecular weight is 331 g/mol. The molecule has 2 nitrogen and oxygen atoms in total. The van der Waals surface area contributed by atoms with Crippen LogP contribution in [0.25, 0.3) is 0 Å². The van der Waals surface area contributed by atoms with E-state index in [-0.39, 0.29) is 0 Å². The third-order valence-corrected chi connectivity index (χ3v) is 6.10. The Morgan fingerprint density at radius 2 is 1.95 bits per heavy atom. The number of piperidine rings is 2. The van der Waals surface area contributed by atoms with Crippen molar-refractivity contribution in [1.29, 1.82) is 0 Å². The SMILES string of the molecule is CN1CCCC2CN(CC(CBr)C(C)(C)C)CCC21. The molecule has 0 aromatic carbocycles. The van der Waals surface area contributed by atoms with Crippen LogP contribution in [0, 0.1) is 17.3 Å². The second-order valence-corrected chi connectivity index (χ2v) is 8.36. The molecule has 0 spiro atoms. The van der Waals surface area contributed by atoms with E-state index in [2.05, 4.69) is 53.5 Å². The van der Waals surface area contributed by atoms with Gasteiger partial charge in [0.1, 0.15) is 0 Å². The summed E-state index contributed by atoms with van der Waals surface area (Å²) >= 11 is 3.72. The Labute approximate surface area is 128 Å². The molecule has 2 aliphatic rings. The van der Waals surface area contributed by atoms with Crippen molar-refractivity contribution in [2.75, 3.05) is 38.6 Å². The number of likely N-dealkylation sites (tertiary alicyclic amines) is 2. The van der Waals surface area contributed by atoms with Crippen LogP contribution in [0.3, 0.4) is 0 Å². The molecule has 0 bridgehead atoms. The third kappa shape index (κ3) is 3.95. The molecule has 0 N–H and O–H groups in total. The van der Waals surface area contributed by atoms with Crippen LogP contribution in [0.15, 0.2) is 0 Å². The van der Waals surface area contributed by atoms with Crippen molar-refractivity contribution < 1.29 is 0 Å². The topological polar surface area (TPSA) is 6.48 Å². The van der Waals surface area contributed by atoms with Crippen LogP contribution in [0.4, 0.5) is 0 Å². The summed E-state index contributed by atoms with van der Waals surface area (Å²) in [6, 6.07) is 0.863. The highest BCUT2D eigenvalue weighted by molar-refractivity contribution is 9.09. The molecule has 112 valence electrons. The summed E-state index contributed by atoms with van der Waals surface area (Å²) in [6.45, 7) is 12.3. The standard InChI is InChI=1S/C16H31BrN2/c1-16(2,3)14(10-17)12-19-9-7-15-13(11-19)6-5-8-18(15)4/h13-15H,5-12H2,1-4H3. The Kier molecular flexibility index (Phi) is 5.35. The van der Waals surface area contributed by atoms with Crippen molar-refractivity contribution in [2.24, 2.45) is 17.3 Å². The maximum absolute atomic E-state index is 3.72. The normalized spacial score (nSPS) is 32.1. The van der Waals surface area contributed by atoms with Crippen LogP contribution in [0.5, 0.6) is 0 Å². The third-order valence-electron chi connectivity index (χ3n) is 5.32. The second kappa shape index (κ2) is 6.44. The minimum absolute atomic E-state index is 0.406. The van der Waals surface area contributed by atoms with Gasteiger partial charge in [-0.3, -0.25) is 0 Å². The van der Waals surface area contributed by atoms with Crippen molar-refractivity contribution >= 4 is 15.9 Å². The molecule has 0 aliphatic carbocycles. The van der Waals surface area contributed by atoms with Gasteiger partial charge in [-0.05, 0) is 56.7 Å². The Bertz CT molecular complexity index is 287. The summed E-state index contributed by atoms with van der Waals surface area (Å²) in [5.41, 5.74) is 0.406. The molecule has 3 heteroatoms. The van der Waals surface area contributed by atoms with E-state index in [1.165, 1.54) is 45.4 Å². The van der Waals surface area contributed by atoms with Gasteiger partial charge < -0.3 is 9.80 Å². The van der Waals surface area contributed by atoms with Gasteiger partial charge in [0, 0.05) is 24.5 Å². The molecule has 0 saturated carbocycles. The number of hydrogen-bond donors (Lipinski definition) is 0. The molecular weight excluding hydrogens is 300 g/mol. The van der Waals surface area contributed by atoms with Crippen LogP contribution < -0.4 is 0 Å². The lowest BCUT2D eigenvalue weighted by Crippen LogP contribution is -2.53. The van der Waals surface area contributed by atoms with Crippen LogP contribution in [-0.4, -0.2) is 54.4 Å². The monoisotopic (exact) mass is 330 g/mol. The van der Waals surface area contributed by atoms with Crippen molar-refractivity contribution in [1.82, 2.24) is 9.80 Å². The highest BCUT2D eigenvalue weighted by atomic mass is 79.9. The fraction of sp³-hybridized carbons (Fsp3) is 1.00. The van der Waals surface area contributed by atoms with E-state index in [0.717, 1.165) is 23.2 Å². The zero-order chi connectivity index (χ0) is 14.0. The number of rotatable bonds is 3. The van der Waals surface area contributed by atoms with Crippen molar-refractivity contribution in [3.63, 3.8) is 0 Å². The molecule has 0 aromatic rings. The van der Waals surface area contributed by atoms with Crippen LogP contribution >= 0.6 is 15.9 Å². The number of fused-ring (bicyclic) bond motifs is 1. The van der Waals surface area contributed by atoms with Gasteiger partial charge in [-0.25, -0.2) is 0 Å². The minimum atomic E-state index is 0.406. The van der Waals surface area contributed by atoms with E-state index in [9.17, 15) is 0 Å². The zero-order valence-corrected chi connectivity index (χ0v) is 14.7. The molecule has 3 atom stereocenters. The first kappa shape index (κ1) is 15.8. The molecule has 2 saturated heterocycles. The molecule has 2 rings (SSSR count). The largest absolute Gasteiger partial charge is 0.303 e. The minimum Gasteiger partial charge on any atom is -0.303 e. The quantitative estimate of drug-likeness (QED) is 0.731. The second-order valence-electron chi connectivity index (χ2n) is 7.72. The van der Waals surface area contributed by atoms with E-state index in [0.29, 0.717) is 5.41 Å². The predicted molar refractivity (Wildman–Crippen MR) is 86.9 cm³/mol. The summed E-state index contributed by atoms with van der Waals surface area (Å²) in [5.74, 6) is 1.67. The first-order valence-electron chi connectivity index (χ1n) is 7.90. The highest BCUT2D eigenvalue weighted by Gasteiger charge is 2.35. The molecule has 3 unspecified atom stereocenters. The van der Waals surface area contributed by atoms with Gasteiger partial charge in [-0.2, -0.15) is 0 Å². The summed E-state index contributed by atoms with van der Waals surface area (Å²) in [5, 5.41) is 1.13. The lowest BCUT2D eigenvalue weighted by Gasteiger charge is -2.47. The summed E-state index contributed by atoms with van der Waals surface area (Å²) in [7, 11) is 2.32. The summed E-state index contributed by atoms with van der Waals surface area (Å²) < 4.78 is 0. The Morgan fingerprint density at radius 3 is 2.58 bits per heavy atom. The summed E-state index contributed by atoms with van der Waals surface area (Å²) in [6.07, 6.45) is 4.22. The van der Waals surface area contributed by atoms with Crippen molar-refractivity contribution in [3.8, 4) is 0 Å². The Hall–Kier alpha value is 0.400. The van der Waals surface area contributed by atoms with E-state index in [1.807, 2.05) is 0 Å². The van der Waals surface area contributed by atoms with Crippen molar-refractivity contribution in [3.05, 3.63) is 0 Å². The number of nitrogens with zero attached hydrogens (tertiary/aromatic N) is 2. The van der Waals surface area contributed by atoms with Crippen LogP contribution in [0.2, 0.25) is 0 Å². The van der Waals surface area contributed by atoms with Gasteiger partial charge in [0.15, 0.2) is 0 Å².